The standard InChI is InChI=1S/C17H25BrN4O.HI/c1-4-5-6-13-22(3)17(19-2)21-12-11-20-16(23)14-7-9-15(18)10-8-14;/h4,7-10H,1,5-6,11-13H2,2-3H3,(H,19,21)(H,20,23);1H. The number of halogens is 2. The molecule has 0 aromatic heterocycles. The van der Waals surface area contributed by atoms with Gasteiger partial charge in [-0.05, 0) is 37.1 Å². The first kappa shape index (κ1) is 22.9. The van der Waals surface area contributed by atoms with Crippen LogP contribution in [0.3, 0.4) is 0 Å². The van der Waals surface area contributed by atoms with Gasteiger partial charge in [0, 0.05) is 43.8 Å². The van der Waals surface area contributed by atoms with Crippen molar-refractivity contribution in [1.82, 2.24) is 15.5 Å². The van der Waals surface area contributed by atoms with E-state index in [0.29, 0.717) is 18.7 Å². The first-order valence-corrected chi connectivity index (χ1v) is 8.44. The highest BCUT2D eigenvalue weighted by molar-refractivity contribution is 14.0. The first-order valence-electron chi connectivity index (χ1n) is 7.65. The second kappa shape index (κ2) is 13.2. The summed E-state index contributed by atoms with van der Waals surface area (Å²) in [6, 6.07) is 7.29. The molecule has 0 aliphatic carbocycles. The number of rotatable bonds is 8. The van der Waals surface area contributed by atoms with Gasteiger partial charge in [-0.3, -0.25) is 9.79 Å². The quantitative estimate of drug-likeness (QED) is 0.186. The van der Waals surface area contributed by atoms with E-state index in [1.165, 1.54) is 0 Å². The molecule has 0 aliphatic rings. The first-order chi connectivity index (χ1) is 11.1. The lowest BCUT2D eigenvalue weighted by atomic mass is 10.2. The maximum absolute atomic E-state index is 12.0. The molecule has 7 heteroatoms. The van der Waals surface area contributed by atoms with Gasteiger partial charge in [-0.1, -0.05) is 22.0 Å². The van der Waals surface area contributed by atoms with Crippen LogP contribution in [0.5, 0.6) is 0 Å². The Kier molecular flexibility index (Phi) is 12.6. The average molecular weight is 509 g/mol. The van der Waals surface area contributed by atoms with Crippen molar-refractivity contribution in [3.63, 3.8) is 0 Å². The Hall–Kier alpha value is -1.09. The lowest BCUT2D eigenvalue weighted by Crippen LogP contribution is -2.42. The summed E-state index contributed by atoms with van der Waals surface area (Å²) in [5.41, 5.74) is 0.652. The van der Waals surface area contributed by atoms with E-state index >= 15 is 0 Å². The van der Waals surface area contributed by atoms with Crippen LogP contribution >= 0.6 is 39.9 Å². The van der Waals surface area contributed by atoms with Crippen molar-refractivity contribution in [2.45, 2.75) is 12.8 Å². The van der Waals surface area contributed by atoms with E-state index in [-0.39, 0.29) is 29.9 Å². The Morgan fingerprint density at radius 1 is 1.29 bits per heavy atom. The van der Waals surface area contributed by atoms with Crippen molar-refractivity contribution >= 4 is 51.8 Å². The molecular weight excluding hydrogens is 483 g/mol. The van der Waals surface area contributed by atoms with Gasteiger partial charge >= 0.3 is 0 Å². The molecule has 5 nitrogen and oxygen atoms in total. The minimum Gasteiger partial charge on any atom is -0.354 e. The molecule has 0 spiro atoms. The van der Waals surface area contributed by atoms with Gasteiger partial charge in [0.25, 0.3) is 5.91 Å². The monoisotopic (exact) mass is 508 g/mol. The number of aliphatic imine (C=N–C) groups is 1. The molecule has 1 rings (SSSR count). The van der Waals surface area contributed by atoms with E-state index in [2.05, 4.69) is 43.0 Å². The number of guanidine groups is 1. The number of benzene rings is 1. The molecule has 0 heterocycles. The summed E-state index contributed by atoms with van der Waals surface area (Å²) in [5, 5.41) is 6.13. The fourth-order valence-corrected chi connectivity index (χ4v) is 2.28. The van der Waals surface area contributed by atoms with Crippen molar-refractivity contribution in [2.24, 2.45) is 4.99 Å². The largest absolute Gasteiger partial charge is 0.354 e. The predicted octanol–water partition coefficient (Wildman–Crippen LogP) is 3.27. The summed E-state index contributed by atoms with van der Waals surface area (Å²) in [6.45, 7) is 5.80. The second-order valence-corrected chi connectivity index (χ2v) is 6.00. The molecule has 0 aliphatic heterocycles. The molecule has 134 valence electrons. The maximum Gasteiger partial charge on any atom is 0.251 e. The van der Waals surface area contributed by atoms with E-state index in [9.17, 15) is 4.79 Å². The fraction of sp³-hybridized carbons (Fsp3) is 0.412. The Morgan fingerprint density at radius 2 is 1.92 bits per heavy atom. The highest BCUT2D eigenvalue weighted by atomic mass is 127. The number of carbonyl (C=O) groups is 1. The Bertz CT molecular complexity index is 534. The predicted molar refractivity (Wildman–Crippen MR) is 115 cm³/mol. The summed E-state index contributed by atoms with van der Waals surface area (Å²) in [4.78, 5) is 18.3. The third-order valence-corrected chi connectivity index (χ3v) is 3.80. The molecule has 0 bridgehead atoms. The van der Waals surface area contributed by atoms with E-state index in [1.54, 1.807) is 19.2 Å². The minimum absolute atomic E-state index is 0. The fourth-order valence-electron chi connectivity index (χ4n) is 2.02. The third-order valence-electron chi connectivity index (χ3n) is 3.28. The number of nitrogens with zero attached hydrogens (tertiary/aromatic N) is 2. The topological polar surface area (TPSA) is 56.7 Å². The maximum atomic E-state index is 12.0. The summed E-state index contributed by atoms with van der Waals surface area (Å²) in [6.07, 6.45) is 3.95. The van der Waals surface area contributed by atoms with Crippen molar-refractivity contribution in [2.75, 3.05) is 33.7 Å². The third kappa shape index (κ3) is 8.68. The van der Waals surface area contributed by atoms with Crippen LogP contribution in [0.25, 0.3) is 0 Å². The lowest BCUT2D eigenvalue weighted by molar-refractivity contribution is 0.0954. The van der Waals surface area contributed by atoms with Gasteiger partial charge in [0.05, 0.1) is 0 Å². The van der Waals surface area contributed by atoms with Crippen LogP contribution in [0.15, 0.2) is 46.4 Å². The van der Waals surface area contributed by atoms with Crippen molar-refractivity contribution in [3.8, 4) is 0 Å². The summed E-state index contributed by atoms with van der Waals surface area (Å²) < 4.78 is 0.957. The van der Waals surface area contributed by atoms with Crippen molar-refractivity contribution < 1.29 is 4.79 Å². The number of carbonyl (C=O) groups excluding carboxylic acids is 1. The van der Waals surface area contributed by atoms with Crippen LogP contribution in [0.1, 0.15) is 23.2 Å². The Balaban J connectivity index is 0.00000529. The van der Waals surface area contributed by atoms with Gasteiger partial charge in [0.15, 0.2) is 5.96 Å². The summed E-state index contributed by atoms with van der Waals surface area (Å²) in [5.74, 6) is 0.751. The number of amides is 1. The molecule has 0 unspecified atom stereocenters. The van der Waals surface area contributed by atoms with Crippen LogP contribution in [-0.4, -0.2) is 50.5 Å². The zero-order chi connectivity index (χ0) is 17.1. The van der Waals surface area contributed by atoms with Crippen molar-refractivity contribution in [3.05, 3.63) is 47.0 Å². The normalized spacial score (nSPS) is 10.5. The van der Waals surface area contributed by atoms with E-state index in [0.717, 1.165) is 29.8 Å². The smallest absolute Gasteiger partial charge is 0.251 e. The second-order valence-electron chi connectivity index (χ2n) is 5.09. The highest BCUT2D eigenvalue weighted by Gasteiger charge is 2.06. The molecule has 0 saturated heterocycles. The number of hydrogen-bond donors (Lipinski definition) is 2. The van der Waals surface area contributed by atoms with Crippen LogP contribution in [0.2, 0.25) is 0 Å². The van der Waals surface area contributed by atoms with Gasteiger partial charge in [0.2, 0.25) is 0 Å². The molecular formula is C17H26BrIN4O. The zero-order valence-electron chi connectivity index (χ0n) is 14.2. The molecule has 0 saturated carbocycles. The molecule has 1 aromatic carbocycles. The summed E-state index contributed by atoms with van der Waals surface area (Å²) in [7, 11) is 3.76. The van der Waals surface area contributed by atoms with Gasteiger partial charge in [-0.2, -0.15) is 0 Å². The number of unbranched alkanes of at least 4 members (excludes halogenated alkanes) is 1. The average Bonchev–Trinajstić information content (AvgIpc) is 2.55. The Labute approximate surface area is 170 Å². The highest BCUT2D eigenvalue weighted by Crippen LogP contribution is 2.10. The molecule has 1 amide bonds. The lowest BCUT2D eigenvalue weighted by Gasteiger charge is -2.21. The van der Waals surface area contributed by atoms with Gasteiger partial charge in [-0.25, -0.2) is 0 Å². The van der Waals surface area contributed by atoms with Crippen LogP contribution in [-0.2, 0) is 0 Å². The van der Waals surface area contributed by atoms with E-state index in [1.807, 2.05) is 25.3 Å². The minimum atomic E-state index is -0.0753. The van der Waals surface area contributed by atoms with Crippen LogP contribution in [0.4, 0.5) is 0 Å². The molecule has 0 fully saturated rings. The van der Waals surface area contributed by atoms with Crippen LogP contribution in [0, 0.1) is 0 Å². The SMILES string of the molecule is C=CCCCN(C)C(=NC)NCCNC(=O)c1ccc(Br)cc1.I. The van der Waals surface area contributed by atoms with Crippen molar-refractivity contribution in [1.29, 1.82) is 0 Å². The Morgan fingerprint density at radius 3 is 2.50 bits per heavy atom. The molecule has 0 radical (unpaired) electrons. The van der Waals surface area contributed by atoms with Crippen LogP contribution < -0.4 is 10.6 Å². The van der Waals surface area contributed by atoms with E-state index in [4.69, 9.17) is 0 Å². The molecule has 1 aromatic rings. The molecule has 24 heavy (non-hydrogen) atoms. The zero-order valence-corrected chi connectivity index (χ0v) is 18.1. The molecule has 0 atom stereocenters. The van der Waals surface area contributed by atoms with Gasteiger partial charge in [0.1, 0.15) is 0 Å². The number of nitrogens with one attached hydrogen (secondary N) is 2. The number of allylic oxidation sites excluding steroid dienone is 1. The van der Waals surface area contributed by atoms with Gasteiger partial charge < -0.3 is 15.5 Å². The van der Waals surface area contributed by atoms with Gasteiger partial charge in [-0.15, -0.1) is 30.6 Å². The number of hydrogen-bond acceptors (Lipinski definition) is 2. The van der Waals surface area contributed by atoms with E-state index < -0.39 is 0 Å². The molecule has 2 N–H and O–H groups in total. The summed E-state index contributed by atoms with van der Waals surface area (Å²) >= 11 is 3.35.